The van der Waals surface area contributed by atoms with Crippen LogP contribution in [0.1, 0.15) is 61.0 Å². The zero-order valence-corrected chi connectivity index (χ0v) is 14.6. The molecule has 1 aromatic carbocycles. The van der Waals surface area contributed by atoms with Crippen molar-refractivity contribution in [3.63, 3.8) is 0 Å². The van der Waals surface area contributed by atoms with Crippen LogP contribution in [0.4, 0.5) is 0 Å². The summed E-state index contributed by atoms with van der Waals surface area (Å²) in [6.07, 6.45) is 1.92. The average molecular weight is 337 g/mol. The van der Waals surface area contributed by atoms with Gasteiger partial charge in [0.1, 0.15) is 11.5 Å². The SMILES string of the molecule is CC(NCc1ccc(C2CC2C)o1)c1nc(Cc2ccccc2)no1. The molecule has 1 saturated carbocycles. The molecular weight excluding hydrogens is 314 g/mol. The van der Waals surface area contributed by atoms with Crippen LogP contribution in [0.2, 0.25) is 0 Å². The van der Waals surface area contributed by atoms with Crippen molar-refractivity contribution in [2.24, 2.45) is 5.92 Å². The van der Waals surface area contributed by atoms with E-state index in [0.717, 1.165) is 17.4 Å². The fourth-order valence-corrected chi connectivity index (χ4v) is 3.04. The van der Waals surface area contributed by atoms with E-state index in [2.05, 4.69) is 46.6 Å². The molecule has 1 fully saturated rings. The number of nitrogens with one attached hydrogen (secondary N) is 1. The lowest BCUT2D eigenvalue weighted by molar-refractivity contribution is 0.329. The molecule has 0 spiro atoms. The van der Waals surface area contributed by atoms with Crippen LogP contribution < -0.4 is 5.32 Å². The minimum absolute atomic E-state index is 0.0228. The van der Waals surface area contributed by atoms with Gasteiger partial charge >= 0.3 is 0 Å². The quantitative estimate of drug-likeness (QED) is 0.699. The van der Waals surface area contributed by atoms with Crippen LogP contribution in [-0.2, 0) is 13.0 Å². The van der Waals surface area contributed by atoms with Gasteiger partial charge in [0.2, 0.25) is 5.89 Å². The molecular formula is C20H23N3O2. The minimum atomic E-state index is -0.0228. The molecule has 0 saturated heterocycles. The zero-order chi connectivity index (χ0) is 17.2. The van der Waals surface area contributed by atoms with Crippen LogP contribution in [0, 0.1) is 5.92 Å². The molecule has 2 heterocycles. The number of rotatable bonds is 7. The standard InChI is InChI=1S/C20H23N3O2/c1-13-10-17(13)18-9-8-16(24-18)12-21-14(2)20-22-19(23-25-20)11-15-6-4-3-5-7-15/h3-9,13-14,17,21H,10-12H2,1-2H3. The molecule has 0 bridgehead atoms. The van der Waals surface area contributed by atoms with E-state index in [4.69, 9.17) is 8.94 Å². The second-order valence-corrected chi connectivity index (χ2v) is 6.94. The number of furan rings is 1. The number of benzene rings is 1. The van der Waals surface area contributed by atoms with Crippen molar-refractivity contribution in [1.29, 1.82) is 0 Å². The molecule has 5 nitrogen and oxygen atoms in total. The Kier molecular flexibility index (Phi) is 4.40. The third-order valence-electron chi connectivity index (χ3n) is 4.80. The summed E-state index contributed by atoms with van der Waals surface area (Å²) < 4.78 is 11.3. The molecule has 1 aliphatic rings. The largest absolute Gasteiger partial charge is 0.464 e. The molecule has 0 radical (unpaired) electrons. The Labute approximate surface area is 147 Å². The van der Waals surface area contributed by atoms with Gasteiger partial charge in [0.05, 0.1) is 12.6 Å². The Bertz CT molecular complexity index is 824. The van der Waals surface area contributed by atoms with Gasteiger partial charge in [-0.3, -0.25) is 5.32 Å². The van der Waals surface area contributed by atoms with Crippen molar-refractivity contribution < 1.29 is 8.94 Å². The van der Waals surface area contributed by atoms with Crippen LogP contribution in [0.5, 0.6) is 0 Å². The van der Waals surface area contributed by atoms with E-state index in [1.54, 1.807) is 0 Å². The van der Waals surface area contributed by atoms with E-state index in [9.17, 15) is 0 Å². The molecule has 2 aromatic heterocycles. The first-order chi connectivity index (χ1) is 12.2. The fraction of sp³-hybridized carbons (Fsp3) is 0.400. The van der Waals surface area contributed by atoms with E-state index in [1.165, 1.54) is 12.0 Å². The van der Waals surface area contributed by atoms with Crippen molar-refractivity contribution in [1.82, 2.24) is 15.5 Å². The lowest BCUT2D eigenvalue weighted by Crippen LogP contribution is -2.18. The molecule has 3 atom stereocenters. The molecule has 3 unspecified atom stereocenters. The summed E-state index contributed by atoms with van der Waals surface area (Å²) in [7, 11) is 0. The number of nitrogens with zero attached hydrogens (tertiary/aromatic N) is 2. The van der Waals surface area contributed by atoms with Crippen molar-refractivity contribution in [3.8, 4) is 0 Å². The van der Waals surface area contributed by atoms with E-state index in [0.29, 0.717) is 30.6 Å². The first-order valence-electron chi connectivity index (χ1n) is 8.87. The van der Waals surface area contributed by atoms with Gasteiger partial charge in [0.25, 0.3) is 0 Å². The first kappa shape index (κ1) is 16.1. The Balaban J connectivity index is 1.32. The van der Waals surface area contributed by atoms with Gasteiger partial charge in [-0.05, 0) is 37.0 Å². The monoisotopic (exact) mass is 337 g/mol. The molecule has 0 aliphatic heterocycles. The smallest absolute Gasteiger partial charge is 0.243 e. The second kappa shape index (κ2) is 6.84. The third kappa shape index (κ3) is 3.82. The molecule has 130 valence electrons. The minimum Gasteiger partial charge on any atom is -0.464 e. The third-order valence-corrected chi connectivity index (χ3v) is 4.80. The maximum atomic E-state index is 5.92. The van der Waals surface area contributed by atoms with Gasteiger partial charge in [0.15, 0.2) is 5.82 Å². The van der Waals surface area contributed by atoms with Crippen LogP contribution >= 0.6 is 0 Å². The summed E-state index contributed by atoms with van der Waals surface area (Å²) in [4.78, 5) is 4.50. The summed E-state index contributed by atoms with van der Waals surface area (Å²) in [5.74, 6) is 4.74. The fourth-order valence-electron chi connectivity index (χ4n) is 3.04. The van der Waals surface area contributed by atoms with E-state index < -0.39 is 0 Å². The highest BCUT2D eigenvalue weighted by Gasteiger charge is 2.36. The predicted molar refractivity (Wildman–Crippen MR) is 94.0 cm³/mol. The Hall–Kier alpha value is -2.40. The van der Waals surface area contributed by atoms with Crippen LogP contribution in [-0.4, -0.2) is 10.1 Å². The molecule has 1 aliphatic carbocycles. The Morgan fingerprint density at radius 3 is 2.76 bits per heavy atom. The molecule has 1 N–H and O–H groups in total. The summed E-state index contributed by atoms with van der Waals surface area (Å²) >= 11 is 0. The highest BCUT2D eigenvalue weighted by atomic mass is 16.5. The average Bonchev–Trinajstić information content (AvgIpc) is 3.04. The molecule has 4 rings (SSSR count). The molecule has 3 aromatic rings. The van der Waals surface area contributed by atoms with Gasteiger partial charge in [0, 0.05) is 12.3 Å². The zero-order valence-electron chi connectivity index (χ0n) is 14.6. The van der Waals surface area contributed by atoms with E-state index >= 15 is 0 Å². The van der Waals surface area contributed by atoms with E-state index in [-0.39, 0.29) is 6.04 Å². The topological polar surface area (TPSA) is 64.1 Å². The van der Waals surface area contributed by atoms with E-state index in [1.807, 2.05) is 25.1 Å². The predicted octanol–water partition coefficient (Wildman–Crippen LogP) is 4.23. The van der Waals surface area contributed by atoms with Crippen molar-refractivity contribution in [2.75, 3.05) is 0 Å². The number of hydrogen-bond donors (Lipinski definition) is 1. The number of aromatic nitrogens is 2. The summed E-state index contributed by atoms with van der Waals surface area (Å²) in [5, 5.41) is 7.47. The molecule has 25 heavy (non-hydrogen) atoms. The van der Waals surface area contributed by atoms with Gasteiger partial charge in [-0.15, -0.1) is 0 Å². The molecule has 0 amide bonds. The maximum Gasteiger partial charge on any atom is 0.243 e. The van der Waals surface area contributed by atoms with Gasteiger partial charge in [-0.25, -0.2) is 0 Å². The van der Waals surface area contributed by atoms with Crippen molar-refractivity contribution in [2.45, 2.75) is 45.2 Å². The Morgan fingerprint density at radius 2 is 2.00 bits per heavy atom. The van der Waals surface area contributed by atoms with Crippen LogP contribution in [0.3, 0.4) is 0 Å². The highest BCUT2D eigenvalue weighted by Crippen LogP contribution is 2.47. The maximum absolute atomic E-state index is 5.92. The van der Waals surface area contributed by atoms with Gasteiger partial charge < -0.3 is 8.94 Å². The van der Waals surface area contributed by atoms with Crippen molar-refractivity contribution >= 4 is 0 Å². The first-order valence-corrected chi connectivity index (χ1v) is 8.87. The second-order valence-electron chi connectivity index (χ2n) is 6.94. The number of hydrogen-bond acceptors (Lipinski definition) is 5. The summed E-state index contributed by atoms with van der Waals surface area (Å²) in [6, 6.07) is 14.3. The lowest BCUT2D eigenvalue weighted by atomic mass is 10.1. The lowest BCUT2D eigenvalue weighted by Gasteiger charge is -2.07. The highest BCUT2D eigenvalue weighted by molar-refractivity contribution is 5.19. The normalized spacial score (nSPS) is 20.6. The van der Waals surface area contributed by atoms with Crippen LogP contribution in [0.25, 0.3) is 0 Å². The van der Waals surface area contributed by atoms with Gasteiger partial charge in [-0.2, -0.15) is 4.98 Å². The molecule has 5 heteroatoms. The Morgan fingerprint density at radius 1 is 1.20 bits per heavy atom. The van der Waals surface area contributed by atoms with Crippen molar-refractivity contribution in [3.05, 3.63) is 71.3 Å². The van der Waals surface area contributed by atoms with Crippen LogP contribution in [0.15, 0.2) is 51.4 Å². The summed E-state index contributed by atoms with van der Waals surface area (Å²) in [5.41, 5.74) is 1.17. The summed E-state index contributed by atoms with van der Waals surface area (Å²) in [6.45, 7) is 4.93. The van der Waals surface area contributed by atoms with Gasteiger partial charge in [-0.1, -0.05) is 42.4 Å².